The number of benzene rings is 1. The summed E-state index contributed by atoms with van der Waals surface area (Å²) in [5.74, 6) is 0.683. The van der Waals surface area contributed by atoms with Gasteiger partial charge in [0.15, 0.2) is 0 Å². The van der Waals surface area contributed by atoms with Crippen LogP contribution in [0.25, 0.3) is 11.1 Å². The van der Waals surface area contributed by atoms with Crippen LogP contribution in [0.3, 0.4) is 0 Å². The van der Waals surface area contributed by atoms with Crippen LogP contribution in [-0.4, -0.2) is 15.7 Å². The van der Waals surface area contributed by atoms with Gasteiger partial charge in [0.1, 0.15) is 5.82 Å². The number of nitrogens with one attached hydrogen (secondary N) is 1. The summed E-state index contributed by atoms with van der Waals surface area (Å²) in [6.45, 7) is 1.93. The van der Waals surface area contributed by atoms with Crippen LogP contribution in [0, 0.1) is 6.92 Å². The number of anilines is 2. The number of aromatic nitrogens is 2. The van der Waals surface area contributed by atoms with E-state index in [-0.39, 0.29) is 5.91 Å². The van der Waals surface area contributed by atoms with E-state index in [1.54, 1.807) is 4.68 Å². The fraction of sp³-hybridized carbons (Fsp3) is 0.231. The summed E-state index contributed by atoms with van der Waals surface area (Å²) in [7, 11) is 1.82. The average molecular weight is 242 g/mol. The number of nitrogens with zero attached hydrogens (tertiary/aromatic N) is 2. The molecule has 0 radical (unpaired) electrons. The van der Waals surface area contributed by atoms with Crippen LogP contribution in [0.1, 0.15) is 11.3 Å². The molecule has 0 spiro atoms. The molecule has 5 heteroatoms. The fourth-order valence-electron chi connectivity index (χ4n) is 2.42. The molecule has 3 rings (SSSR count). The molecule has 18 heavy (non-hydrogen) atoms. The van der Waals surface area contributed by atoms with Crippen molar-refractivity contribution < 1.29 is 4.79 Å². The molecule has 1 amide bonds. The van der Waals surface area contributed by atoms with E-state index >= 15 is 0 Å². The van der Waals surface area contributed by atoms with Gasteiger partial charge in [-0.2, -0.15) is 5.10 Å². The molecule has 2 heterocycles. The lowest BCUT2D eigenvalue weighted by atomic mass is 10.0. The second-order valence-corrected chi connectivity index (χ2v) is 4.57. The smallest absolute Gasteiger partial charge is 0.228 e. The van der Waals surface area contributed by atoms with Gasteiger partial charge in [-0.15, -0.1) is 0 Å². The van der Waals surface area contributed by atoms with Crippen LogP contribution in [-0.2, 0) is 18.3 Å². The SMILES string of the molecule is Cc1nn(C)c(N)c1-c1ccc2c(c1)CC(=O)N2. The predicted octanol–water partition coefficient (Wildman–Crippen LogP) is 1.47. The van der Waals surface area contributed by atoms with Crippen LogP contribution in [0.4, 0.5) is 11.5 Å². The molecule has 3 N–H and O–H groups in total. The lowest BCUT2D eigenvalue weighted by Gasteiger charge is -2.05. The number of hydrogen-bond acceptors (Lipinski definition) is 3. The Morgan fingerprint density at radius 2 is 2.22 bits per heavy atom. The van der Waals surface area contributed by atoms with Gasteiger partial charge in [0.05, 0.1) is 12.1 Å². The summed E-state index contributed by atoms with van der Waals surface area (Å²) >= 11 is 0. The van der Waals surface area contributed by atoms with Crippen LogP contribution in [0.2, 0.25) is 0 Å². The van der Waals surface area contributed by atoms with E-state index < -0.39 is 0 Å². The van der Waals surface area contributed by atoms with Gasteiger partial charge in [0.25, 0.3) is 0 Å². The maximum atomic E-state index is 11.3. The van der Waals surface area contributed by atoms with E-state index in [1.165, 1.54) is 0 Å². The van der Waals surface area contributed by atoms with Crippen molar-refractivity contribution in [2.45, 2.75) is 13.3 Å². The Balaban J connectivity index is 2.14. The molecule has 2 aromatic rings. The first-order valence-corrected chi connectivity index (χ1v) is 5.78. The molecule has 1 aromatic heterocycles. The highest BCUT2D eigenvalue weighted by Crippen LogP contribution is 2.33. The number of carbonyl (C=O) groups excluding carboxylic acids is 1. The zero-order valence-electron chi connectivity index (χ0n) is 10.3. The number of fused-ring (bicyclic) bond motifs is 1. The average Bonchev–Trinajstić information content (AvgIpc) is 2.78. The number of aryl methyl sites for hydroxylation is 2. The molecule has 92 valence electrons. The zero-order chi connectivity index (χ0) is 12.9. The first-order chi connectivity index (χ1) is 8.56. The highest BCUT2D eigenvalue weighted by molar-refractivity contribution is 6.00. The van der Waals surface area contributed by atoms with Crippen LogP contribution >= 0.6 is 0 Å². The minimum Gasteiger partial charge on any atom is -0.383 e. The molecule has 0 unspecified atom stereocenters. The van der Waals surface area contributed by atoms with Crippen molar-refractivity contribution >= 4 is 17.4 Å². The topological polar surface area (TPSA) is 72.9 Å². The van der Waals surface area contributed by atoms with Crippen LogP contribution in [0.5, 0.6) is 0 Å². The molecule has 1 aliphatic heterocycles. The summed E-state index contributed by atoms with van der Waals surface area (Å²) in [5, 5.41) is 7.12. The van der Waals surface area contributed by atoms with Crippen molar-refractivity contribution in [1.82, 2.24) is 9.78 Å². The standard InChI is InChI=1S/C13H14N4O/c1-7-12(13(14)17(2)16-7)8-3-4-10-9(5-8)6-11(18)15-10/h3-5H,6,14H2,1-2H3,(H,15,18). The molecular formula is C13H14N4O. The first-order valence-electron chi connectivity index (χ1n) is 5.78. The summed E-state index contributed by atoms with van der Waals surface area (Å²) in [4.78, 5) is 11.3. The van der Waals surface area contributed by atoms with Crippen molar-refractivity contribution in [3.63, 3.8) is 0 Å². The highest BCUT2D eigenvalue weighted by atomic mass is 16.1. The molecular weight excluding hydrogens is 228 g/mol. The van der Waals surface area contributed by atoms with Gasteiger partial charge in [0, 0.05) is 18.3 Å². The molecule has 1 aliphatic rings. The second-order valence-electron chi connectivity index (χ2n) is 4.57. The van der Waals surface area contributed by atoms with E-state index in [4.69, 9.17) is 5.73 Å². The Bertz CT molecular complexity index is 657. The van der Waals surface area contributed by atoms with Gasteiger partial charge in [0.2, 0.25) is 5.91 Å². The summed E-state index contributed by atoms with van der Waals surface area (Å²) in [6.07, 6.45) is 0.433. The van der Waals surface area contributed by atoms with Crippen LogP contribution in [0.15, 0.2) is 18.2 Å². The Labute approximate surface area is 105 Å². The zero-order valence-corrected chi connectivity index (χ0v) is 10.3. The third kappa shape index (κ3) is 1.48. The molecule has 0 saturated carbocycles. The lowest BCUT2D eigenvalue weighted by Crippen LogP contribution is -2.03. The van der Waals surface area contributed by atoms with Crippen molar-refractivity contribution in [2.24, 2.45) is 7.05 Å². The minimum absolute atomic E-state index is 0.0398. The van der Waals surface area contributed by atoms with Gasteiger partial charge in [-0.05, 0) is 30.2 Å². The number of rotatable bonds is 1. The monoisotopic (exact) mass is 242 g/mol. The van der Waals surface area contributed by atoms with E-state index in [2.05, 4.69) is 10.4 Å². The van der Waals surface area contributed by atoms with E-state index in [0.717, 1.165) is 28.1 Å². The minimum atomic E-state index is 0.0398. The molecule has 1 aromatic carbocycles. The summed E-state index contributed by atoms with van der Waals surface area (Å²) in [6, 6.07) is 5.89. The van der Waals surface area contributed by atoms with E-state index in [1.807, 2.05) is 32.2 Å². The quantitative estimate of drug-likeness (QED) is 0.795. The van der Waals surface area contributed by atoms with Crippen molar-refractivity contribution in [1.29, 1.82) is 0 Å². The summed E-state index contributed by atoms with van der Waals surface area (Å²) in [5.41, 5.74) is 10.8. The van der Waals surface area contributed by atoms with Gasteiger partial charge in [-0.25, -0.2) is 0 Å². The van der Waals surface area contributed by atoms with Crippen LogP contribution < -0.4 is 11.1 Å². The van der Waals surface area contributed by atoms with Crippen molar-refractivity contribution in [2.75, 3.05) is 11.1 Å². The Morgan fingerprint density at radius 1 is 1.44 bits per heavy atom. The van der Waals surface area contributed by atoms with Gasteiger partial charge < -0.3 is 11.1 Å². The molecule has 0 saturated heterocycles. The Kier molecular flexibility index (Phi) is 2.16. The Hall–Kier alpha value is -2.30. The fourth-order valence-corrected chi connectivity index (χ4v) is 2.42. The first kappa shape index (κ1) is 10.8. The predicted molar refractivity (Wildman–Crippen MR) is 70.1 cm³/mol. The molecule has 0 atom stereocenters. The lowest BCUT2D eigenvalue weighted by molar-refractivity contribution is -0.115. The van der Waals surface area contributed by atoms with Gasteiger partial charge >= 0.3 is 0 Å². The maximum Gasteiger partial charge on any atom is 0.228 e. The van der Waals surface area contributed by atoms with E-state index in [0.29, 0.717) is 12.2 Å². The Morgan fingerprint density at radius 3 is 2.89 bits per heavy atom. The number of hydrogen-bond donors (Lipinski definition) is 2. The van der Waals surface area contributed by atoms with Gasteiger partial charge in [-0.3, -0.25) is 9.48 Å². The molecule has 0 aliphatic carbocycles. The maximum absolute atomic E-state index is 11.3. The van der Waals surface area contributed by atoms with Gasteiger partial charge in [-0.1, -0.05) is 6.07 Å². The molecule has 0 fully saturated rings. The van der Waals surface area contributed by atoms with Crippen molar-refractivity contribution in [3.05, 3.63) is 29.5 Å². The number of amides is 1. The molecule has 0 bridgehead atoms. The third-order valence-electron chi connectivity index (χ3n) is 3.29. The highest BCUT2D eigenvalue weighted by Gasteiger charge is 2.20. The second kappa shape index (κ2) is 3.60. The number of carbonyl (C=O) groups is 1. The van der Waals surface area contributed by atoms with E-state index in [9.17, 15) is 4.79 Å². The van der Waals surface area contributed by atoms with Crippen molar-refractivity contribution in [3.8, 4) is 11.1 Å². The molecule has 5 nitrogen and oxygen atoms in total. The third-order valence-corrected chi connectivity index (χ3v) is 3.29. The largest absolute Gasteiger partial charge is 0.383 e. The normalized spacial score (nSPS) is 13.6. The number of nitrogen functional groups attached to an aromatic ring is 1. The number of nitrogens with two attached hydrogens (primary N) is 1. The summed E-state index contributed by atoms with van der Waals surface area (Å²) < 4.78 is 1.67.